The van der Waals surface area contributed by atoms with Gasteiger partial charge in [-0.3, -0.25) is 0 Å². The number of aromatic nitrogens is 1. The quantitative estimate of drug-likeness (QED) is 0.893. The lowest BCUT2D eigenvalue weighted by molar-refractivity contribution is 0.232. The van der Waals surface area contributed by atoms with Gasteiger partial charge in [0.05, 0.1) is 6.04 Å². The molecule has 1 saturated heterocycles. The Morgan fingerprint density at radius 3 is 2.88 bits per heavy atom. The lowest BCUT2D eigenvalue weighted by atomic mass is 10.1. The Bertz CT molecular complexity index is 673. The van der Waals surface area contributed by atoms with Gasteiger partial charge in [0.1, 0.15) is 5.01 Å². The van der Waals surface area contributed by atoms with Crippen LogP contribution in [0, 0.1) is 6.92 Å². The van der Waals surface area contributed by atoms with E-state index in [1.807, 2.05) is 25.3 Å². The number of thiazole rings is 1. The molecule has 2 atom stereocenters. The van der Waals surface area contributed by atoms with Crippen molar-refractivity contribution in [2.45, 2.75) is 38.8 Å². The molecule has 5 nitrogen and oxygen atoms in total. The summed E-state index contributed by atoms with van der Waals surface area (Å²) >= 11 is 1.58. The normalized spacial score (nSPS) is 18.9. The molecule has 2 heterocycles. The summed E-state index contributed by atoms with van der Waals surface area (Å²) in [6.45, 7) is 5.82. The number of urea groups is 1. The molecular formula is C18H24N4OS. The first-order chi connectivity index (χ1) is 11.6. The molecular weight excluding hydrogens is 320 g/mol. The number of nitrogens with one attached hydrogen (secondary N) is 2. The zero-order valence-electron chi connectivity index (χ0n) is 14.2. The van der Waals surface area contributed by atoms with Crippen molar-refractivity contribution in [1.29, 1.82) is 0 Å². The van der Waals surface area contributed by atoms with Crippen molar-refractivity contribution in [3.63, 3.8) is 0 Å². The second kappa shape index (κ2) is 7.66. The maximum atomic E-state index is 12.3. The van der Waals surface area contributed by atoms with E-state index < -0.39 is 0 Å². The van der Waals surface area contributed by atoms with Gasteiger partial charge in [0.2, 0.25) is 0 Å². The Morgan fingerprint density at radius 1 is 1.38 bits per heavy atom. The number of rotatable bonds is 4. The number of nitrogens with zero attached hydrogens (tertiary/aromatic N) is 2. The van der Waals surface area contributed by atoms with Crippen LogP contribution in [0.5, 0.6) is 0 Å². The van der Waals surface area contributed by atoms with Gasteiger partial charge in [0.15, 0.2) is 0 Å². The summed E-state index contributed by atoms with van der Waals surface area (Å²) in [5, 5.41) is 9.05. The Morgan fingerprint density at radius 2 is 2.17 bits per heavy atom. The van der Waals surface area contributed by atoms with Crippen molar-refractivity contribution >= 4 is 23.1 Å². The molecule has 3 rings (SSSR count). The van der Waals surface area contributed by atoms with E-state index in [9.17, 15) is 4.79 Å². The van der Waals surface area contributed by atoms with E-state index in [-0.39, 0.29) is 18.1 Å². The van der Waals surface area contributed by atoms with Gasteiger partial charge in [0, 0.05) is 35.9 Å². The molecule has 1 aliphatic rings. The largest absolute Gasteiger partial charge is 0.369 e. The van der Waals surface area contributed by atoms with Gasteiger partial charge in [0.25, 0.3) is 0 Å². The number of piperidine rings is 1. The summed E-state index contributed by atoms with van der Waals surface area (Å²) in [7, 11) is 0. The van der Waals surface area contributed by atoms with E-state index >= 15 is 0 Å². The number of anilines is 1. The van der Waals surface area contributed by atoms with Crippen LogP contribution in [-0.2, 0) is 0 Å². The van der Waals surface area contributed by atoms with Crippen LogP contribution in [0.15, 0.2) is 35.7 Å². The van der Waals surface area contributed by atoms with E-state index in [4.69, 9.17) is 0 Å². The third kappa shape index (κ3) is 4.26. The molecule has 1 aliphatic heterocycles. The average molecular weight is 344 g/mol. The van der Waals surface area contributed by atoms with Gasteiger partial charge in [-0.05, 0) is 38.8 Å². The summed E-state index contributed by atoms with van der Waals surface area (Å²) in [6, 6.07) is 10.4. The molecule has 0 aliphatic carbocycles. The molecule has 128 valence electrons. The fourth-order valence-electron chi connectivity index (χ4n) is 3.02. The molecule has 0 unspecified atom stereocenters. The molecule has 2 N–H and O–H groups in total. The molecule has 2 aromatic rings. The molecule has 1 aromatic heterocycles. The van der Waals surface area contributed by atoms with Crippen molar-refractivity contribution in [2.24, 2.45) is 0 Å². The van der Waals surface area contributed by atoms with E-state index in [1.165, 1.54) is 5.69 Å². The molecule has 1 fully saturated rings. The number of para-hydroxylation sites is 1. The molecule has 6 heteroatoms. The number of carbonyl (C=O) groups is 1. The second-order valence-corrected chi connectivity index (χ2v) is 7.18. The zero-order chi connectivity index (χ0) is 16.9. The second-order valence-electron chi connectivity index (χ2n) is 6.29. The van der Waals surface area contributed by atoms with Crippen LogP contribution in [0.3, 0.4) is 0 Å². The smallest absolute Gasteiger partial charge is 0.315 e. The van der Waals surface area contributed by atoms with Crippen LogP contribution in [0.1, 0.15) is 36.5 Å². The highest BCUT2D eigenvalue weighted by Gasteiger charge is 2.22. The molecule has 1 aromatic carbocycles. The monoisotopic (exact) mass is 344 g/mol. The van der Waals surface area contributed by atoms with E-state index in [1.54, 1.807) is 11.3 Å². The van der Waals surface area contributed by atoms with Crippen LogP contribution < -0.4 is 15.5 Å². The fourth-order valence-corrected chi connectivity index (χ4v) is 3.83. The average Bonchev–Trinajstić information content (AvgIpc) is 3.02. The fraction of sp³-hybridized carbons (Fsp3) is 0.444. The van der Waals surface area contributed by atoms with Crippen molar-refractivity contribution in [2.75, 3.05) is 18.0 Å². The SMILES string of the molecule is Cc1csc([C@@H](C)NC(=O)N[C@@H]2CCCN(c3ccccc3)C2)n1. The van der Waals surface area contributed by atoms with Gasteiger partial charge < -0.3 is 15.5 Å². The van der Waals surface area contributed by atoms with E-state index in [0.29, 0.717) is 0 Å². The Kier molecular flexibility index (Phi) is 5.35. The van der Waals surface area contributed by atoms with Gasteiger partial charge in [-0.15, -0.1) is 11.3 Å². The number of hydrogen-bond acceptors (Lipinski definition) is 4. The molecule has 24 heavy (non-hydrogen) atoms. The Labute approximate surface area is 147 Å². The maximum Gasteiger partial charge on any atom is 0.315 e. The third-order valence-corrected chi connectivity index (χ3v) is 5.38. The number of hydrogen-bond donors (Lipinski definition) is 2. The first-order valence-corrected chi connectivity index (χ1v) is 9.29. The molecule has 2 amide bonds. The lowest BCUT2D eigenvalue weighted by Crippen LogP contribution is -2.50. The minimum absolute atomic E-state index is 0.0717. The number of benzene rings is 1. The topological polar surface area (TPSA) is 57.3 Å². The maximum absolute atomic E-state index is 12.3. The summed E-state index contributed by atoms with van der Waals surface area (Å²) in [6.07, 6.45) is 2.10. The van der Waals surface area contributed by atoms with Crippen molar-refractivity contribution < 1.29 is 4.79 Å². The standard InChI is InChI=1S/C18H24N4OS/c1-13-12-24-17(19-13)14(2)20-18(23)21-15-7-6-10-22(11-15)16-8-4-3-5-9-16/h3-5,8-9,12,14-15H,6-7,10-11H2,1-2H3,(H2,20,21,23)/t14-,15-/m1/s1. The Balaban J connectivity index is 1.52. The first kappa shape index (κ1) is 16.8. The zero-order valence-corrected chi connectivity index (χ0v) is 15.0. The highest BCUT2D eigenvalue weighted by atomic mass is 32.1. The van der Waals surface area contributed by atoms with E-state index in [0.717, 1.165) is 36.6 Å². The number of carbonyl (C=O) groups excluding carboxylic acids is 1. The predicted molar refractivity (Wildman–Crippen MR) is 98.6 cm³/mol. The van der Waals surface area contributed by atoms with Gasteiger partial charge in [-0.1, -0.05) is 18.2 Å². The van der Waals surface area contributed by atoms with Crippen molar-refractivity contribution in [3.05, 3.63) is 46.4 Å². The van der Waals surface area contributed by atoms with Crippen LogP contribution >= 0.6 is 11.3 Å². The molecule has 0 bridgehead atoms. The van der Waals surface area contributed by atoms with Crippen LogP contribution in [0.25, 0.3) is 0 Å². The van der Waals surface area contributed by atoms with Crippen molar-refractivity contribution in [3.8, 4) is 0 Å². The minimum Gasteiger partial charge on any atom is -0.369 e. The van der Waals surface area contributed by atoms with E-state index in [2.05, 4.69) is 44.8 Å². The van der Waals surface area contributed by atoms with Crippen molar-refractivity contribution in [1.82, 2.24) is 15.6 Å². The van der Waals surface area contributed by atoms with Gasteiger partial charge in [-0.25, -0.2) is 9.78 Å². The highest BCUT2D eigenvalue weighted by Crippen LogP contribution is 2.20. The highest BCUT2D eigenvalue weighted by molar-refractivity contribution is 7.09. The lowest BCUT2D eigenvalue weighted by Gasteiger charge is -2.35. The molecule has 0 radical (unpaired) electrons. The van der Waals surface area contributed by atoms with Gasteiger partial charge in [-0.2, -0.15) is 0 Å². The summed E-state index contributed by atoms with van der Waals surface area (Å²) in [5.74, 6) is 0. The van der Waals surface area contributed by atoms with Gasteiger partial charge >= 0.3 is 6.03 Å². The van der Waals surface area contributed by atoms with Crippen LogP contribution in [0.4, 0.5) is 10.5 Å². The number of aryl methyl sites for hydroxylation is 1. The predicted octanol–water partition coefficient (Wildman–Crippen LogP) is 3.48. The summed E-state index contributed by atoms with van der Waals surface area (Å²) in [5.41, 5.74) is 2.21. The minimum atomic E-state index is -0.115. The Hall–Kier alpha value is -2.08. The molecule has 0 saturated carbocycles. The summed E-state index contributed by atoms with van der Waals surface area (Å²) in [4.78, 5) is 19.0. The molecule has 0 spiro atoms. The third-order valence-electron chi connectivity index (χ3n) is 4.23. The van der Waals surface area contributed by atoms with Crippen LogP contribution in [-0.4, -0.2) is 30.1 Å². The first-order valence-electron chi connectivity index (χ1n) is 8.41. The number of amides is 2. The van der Waals surface area contributed by atoms with Crippen LogP contribution in [0.2, 0.25) is 0 Å². The summed E-state index contributed by atoms with van der Waals surface area (Å²) < 4.78 is 0.